The number of aromatic nitrogens is 5. The molecule has 0 radical (unpaired) electrons. The van der Waals surface area contributed by atoms with E-state index in [9.17, 15) is 31.1 Å². The highest BCUT2D eigenvalue weighted by Crippen LogP contribution is 2.36. The van der Waals surface area contributed by atoms with Gasteiger partial charge in [0.2, 0.25) is 5.82 Å². The molecular weight excluding hydrogens is 406 g/mol. The Hall–Kier alpha value is -3.51. The van der Waals surface area contributed by atoms with Crippen molar-refractivity contribution in [2.75, 3.05) is 0 Å². The van der Waals surface area contributed by atoms with Gasteiger partial charge in [-0.2, -0.15) is 36.1 Å². The number of halogens is 6. The number of carbonyl (C=O) groups excluding carboxylic acids is 1. The lowest BCUT2D eigenvalue weighted by molar-refractivity contribution is -0.143. The van der Waals surface area contributed by atoms with Crippen molar-refractivity contribution >= 4 is 5.91 Å². The summed E-state index contributed by atoms with van der Waals surface area (Å²) >= 11 is 0. The van der Waals surface area contributed by atoms with E-state index >= 15 is 0 Å². The topological polar surface area (TPSA) is 85.6 Å². The van der Waals surface area contributed by atoms with Crippen LogP contribution in [0.3, 0.4) is 0 Å². The van der Waals surface area contributed by atoms with Crippen LogP contribution in [0, 0.1) is 0 Å². The summed E-state index contributed by atoms with van der Waals surface area (Å²) in [5.74, 6) is -1.17. The van der Waals surface area contributed by atoms with Crippen LogP contribution in [0.2, 0.25) is 0 Å². The molecule has 0 saturated carbocycles. The molecule has 0 spiro atoms. The minimum Gasteiger partial charge on any atom is -0.345 e. The van der Waals surface area contributed by atoms with Crippen molar-refractivity contribution in [1.29, 1.82) is 0 Å². The van der Waals surface area contributed by atoms with Gasteiger partial charge in [-0.25, -0.2) is 15.0 Å². The van der Waals surface area contributed by atoms with Gasteiger partial charge in [-0.1, -0.05) is 0 Å². The van der Waals surface area contributed by atoms with Gasteiger partial charge >= 0.3 is 12.4 Å². The van der Waals surface area contributed by atoms with Crippen LogP contribution in [-0.2, 0) is 18.9 Å². The van der Waals surface area contributed by atoms with E-state index in [1.807, 2.05) is 0 Å². The largest absolute Gasteiger partial charge is 0.416 e. The minimum absolute atomic E-state index is 0.00794. The van der Waals surface area contributed by atoms with Crippen molar-refractivity contribution in [1.82, 2.24) is 30.0 Å². The Morgan fingerprint density at radius 1 is 0.931 bits per heavy atom. The number of nitrogens with one attached hydrogen (secondary N) is 1. The Morgan fingerprint density at radius 3 is 2.07 bits per heavy atom. The fourth-order valence-electron chi connectivity index (χ4n) is 2.33. The fourth-order valence-corrected chi connectivity index (χ4v) is 2.33. The minimum atomic E-state index is -4.98. The molecule has 0 fully saturated rings. The normalized spacial score (nSPS) is 12.1. The molecule has 13 heteroatoms. The maximum Gasteiger partial charge on any atom is 0.416 e. The lowest BCUT2D eigenvalue weighted by Crippen LogP contribution is -2.27. The average Bonchev–Trinajstić information content (AvgIpc) is 3.15. The molecule has 7 nitrogen and oxygen atoms in total. The van der Waals surface area contributed by atoms with Crippen LogP contribution in [0.15, 0.2) is 43.0 Å². The summed E-state index contributed by atoms with van der Waals surface area (Å²) in [5, 5.41) is 5.99. The predicted octanol–water partition coefficient (Wildman–Crippen LogP) is 3.02. The molecular formula is C16H10F6N6O. The predicted molar refractivity (Wildman–Crippen MR) is 84.6 cm³/mol. The molecule has 152 valence electrons. The van der Waals surface area contributed by atoms with E-state index < -0.39 is 35.9 Å². The molecule has 3 aromatic rings. The summed E-state index contributed by atoms with van der Waals surface area (Å²) in [7, 11) is 0. The number of alkyl halides is 6. The van der Waals surface area contributed by atoms with E-state index in [1.165, 1.54) is 18.5 Å². The highest BCUT2D eigenvalue weighted by atomic mass is 19.4. The molecule has 1 N–H and O–H groups in total. The van der Waals surface area contributed by atoms with E-state index in [0.29, 0.717) is 12.1 Å². The van der Waals surface area contributed by atoms with Crippen molar-refractivity contribution in [3.8, 4) is 5.95 Å². The van der Waals surface area contributed by atoms with Crippen LogP contribution in [0.4, 0.5) is 26.3 Å². The Kier molecular flexibility index (Phi) is 5.22. The maximum atomic E-state index is 12.9. The smallest absolute Gasteiger partial charge is 0.345 e. The third-order valence-corrected chi connectivity index (χ3v) is 3.59. The summed E-state index contributed by atoms with van der Waals surface area (Å²) in [6, 6.07) is 2.59. The number of amides is 1. The van der Waals surface area contributed by atoms with Gasteiger partial charge in [-0.05, 0) is 29.8 Å². The van der Waals surface area contributed by atoms with Gasteiger partial charge in [0.25, 0.3) is 11.9 Å². The highest BCUT2D eigenvalue weighted by molar-refractivity contribution is 5.90. The Bertz CT molecular complexity index is 982. The summed E-state index contributed by atoms with van der Waals surface area (Å²) < 4.78 is 78.4. The second kappa shape index (κ2) is 7.48. The molecule has 0 aliphatic rings. The maximum absolute atomic E-state index is 12.9. The first-order valence-electron chi connectivity index (χ1n) is 7.79. The molecule has 1 aromatic carbocycles. The van der Waals surface area contributed by atoms with Crippen LogP contribution in [0.1, 0.15) is 27.3 Å². The lowest BCUT2D eigenvalue weighted by Gasteiger charge is -2.14. The highest BCUT2D eigenvalue weighted by Gasteiger charge is 2.36. The zero-order valence-electron chi connectivity index (χ0n) is 14.2. The molecule has 2 heterocycles. The van der Waals surface area contributed by atoms with E-state index in [0.717, 1.165) is 11.0 Å². The van der Waals surface area contributed by atoms with E-state index in [-0.39, 0.29) is 23.4 Å². The SMILES string of the molecule is O=C(NCc1cc(C(F)(F)F)cc(C(F)(F)F)c1)c1ncnn1-c1ncccn1. The van der Waals surface area contributed by atoms with Crippen molar-refractivity contribution in [2.24, 2.45) is 0 Å². The molecule has 2 aromatic heterocycles. The summed E-state index contributed by atoms with van der Waals surface area (Å²) in [5.41, 5.74) is -3.34. The van der Waals surface area contributed by atoms with Crippen molar-refractivity contribution < 1.29 is 31.1 Å². The average molecular weight is 416 g/mol. The first-order valence-corrected chi connectivity index (χ1v) is 7.79. The molecule has 0 atom stereocenters. The van der Waals surface area contributed by atoms with Crippen molar-refractivity contribution in [3.05, 3.63) is 65.5 Å². The Morgan fingerprint density at radius 2 is 1.52 bits per heavy atom. The second-order valence-electron chi connectivity index (χ2n) is 5.64. The quantitative estimate of drug-likeness (QED) is 0.661. The number of hydrogen-bond acceptors (Lipinski definition) is 5. The van der Waals surface area contributed by atoms with E-state index in [1.54, 1.807) is 0 Å². The number of hydrogen-bond donors (Lipinski definition) is 1. The monoisotopic (exact) mass is 416 g/mol. The zero-order chi connectivity index (χ0) is 21.2. The third-order valence-electron chi connectivity index (χ3n) is 3.59. The van der Waals surface area contributed by atoms with Crippen LogP contribution in [-0.4, -0.2) is 30.6 Å². The number of benzene rings is 1. The van der Waals surface area contributed by atoms with E-state index in [4.69, 9.17) is 0 Å². The van der Waals surface area contributed by atoms with Gasteiger partial charge in [0.1, 0.15) is 6.33 Å². The fraction of sp³-hybridized carbons (Fsp3) is 0.188. The van der Waals surface area contributed by atoms with Gasteiger partial charge in [-0.15, -0.1) is 0 Å². The second-order valence-corrected chi connectivity index (χ2v) is 5.64. The van der Waals surface area contributed by atoms with E-state index in [2.05, 4.69) is 25.4 Å². The molecule has 0 saturated heterocycles. The van der Waals surface area contributed by atoms with Crippen LogP contribution < -0.4 is 5.32 Å². The first kappa shape index (κ1) is 20.2. The summed E-state index contributed by atoms with van der Waals surface area (Å²) in [4.78, 5) is 23.8. The van der Waals surface area contributed by atoms with Gasteiger partial charge in [0.15, 0.2) is 0 Å². The third kappa shape index (κ3) is 4.67. The van der Waals surface area contributed by atoms with Crippen LogP contribution in [0.5, 0.6) is 0 Å². The lowest BCUT2D eigenvalue weighted by atomic mass is 10.0. The van der Waals surface area contributed by atoms with Crippen LogP contribution >= 0.6 is 0 Å². The standard InChI is InChI=1S/C16H10F6N6O/c17-15(18,19)10-4-9(5-11(6-10)16(20,21)22)7-25-13(29)12-26-8-27-28(12)14-23-2-1-3-24-14/h1-6,8H,7H2,(H,25,29). The van der Waals surface area contributed by atoms with Gasteiger partial charge in [-0.3, -0.25) is 4.79 Å². The summed E-state index contributed by atoms with van der Waals surface area (Å²) in [6.07, 6.45) is -6.17. The van der Waals surface area contributed by atoms with Gasteiger partial charge < -0.3 is 5.32 Å². The Labute approximate surface area is 158 Å². The van der Waals surface area contributed by atoms with Crippen molar-refractivity contribution in [3.63, 3.8) is 0 Å². The zero-order valence-corrected chi connectivity index (χ0v) is 14.2. The molecule has 29 heavy (non-hydrogen) atoms. The van der Waals surface area contributed by atoms with Gasteiger partial charge in [0, 0.05) is 18.9 Å². The number of rotatable bonds is 4. The Balaban J connectivity index is 1.84. The first-order chi connectivity index (χ1) is 13.6. The molecule has 0 aliphatic carbocycles. The molecule has 1 amide bonds. The summed E-state index contributed by atoms with van der Waals surface area (Å²) in [6.45, 7) is -0.603. The number of carbonyl (C=O) groups is 1. The molecule has 0 aliphatic heterocycles. The van der Waals surface area contributed by atoms with Crippen molar-refractivity contribution in [2.45, 2.75) is 18.9 Å². The van der Waals surface area contributed by atoms with Crippen LogP contribution in [0.25, 0.3) is 5.95 Å². The molecule has 0 unspecified atom stereocenters. The molecule has 0 bridgehead atoms. The number of nitrogens with zero attached hydrogens (tertiary/aromatic N) is 5. The molecule has 3 rings (SSSR count). The van der Waals surface area contributed by atoms with Gasteiger partial charge in [0.05, 0.1) is 11.1 Å².